The average molecular weight is 311 g/mol. The highest BCUT2D eigenvalue weighted by atomic mass is 16.1. The molecule has 0 saturated carbocycles. The molecule has 0 radical (unpaired) electrons. The van der Waals surface area contributed by atoms with Gasteiger partial charge in [-0.1, -0.05) is 60.7 Å². The Kier molecular flexibility index (Phi) is 3.51. The molecule has 116 valence electrons. The van der Waals surface area contributed by atoms with Crippen LogP contribution in [0.5, 0.6) is 0 Å². The Balaban J connectivity index is 1.90. The molecule has 2 nitrogen and oxygen atoms in total. The number of aromatic nitrogens is 1. The Bertz CT molecular complexity index is 1070. The lowest BCUT2D eigenvalue weighted by Crippen LogP contribution is -2.01. The summed E-state index contributed by atoms with van der Waals surface area (Å²) in [5.41, 5.74) is 3.60. The first-order valence-corrected chi connectivity index (χ1v) is 8.01. The first-order chi connectivity index (χ1) is 11.8. The molecule has 0 aliphatic heterocycles. The topological polar surface area (TPSA) is 32.9 Å². The number of hydrogen-bond acceptors (Lipinski definition) is 1. The van der Waals surface area contributed by atoms with Gasteiger partial charge in [-0.05, 0) is 28.8 Å². The van der Waals surface area contributed by atoms with Gasteiger partial charge >= 0.3 is 0 Å². The molecule has 0 bridgehead atoms. The normalized spacial score (nSPS) is 11.0. The third kappa shape index (κ3) is 2.33. The van der Waals surface area contributed by atoms with E-state index in [1.54, 1.807) is 6.20 Å². The average Bonchev–Trinajstić information content (AvgIpc) is 3.05. The molecule has 0 saturated heterocycles. The van der Waals surface area contributed by atoms with Crippen molar-refractivity contribution in [3.8, 4) is 0 Å². The number of hydrogen-bond donors (Lipinski definition) is 1. The van der Waals surface area contributed by atoms with Crippen molar-refractivity contribution >= 4 is 27.5 Å². The lowest BCUT2D eigenvalue weighted by molar-refractivity contribution is 0.104. The molecular formula is C22H17NO. The van der Waals surface area contributed by atoms with Crippen molar-refractivity contribution in [3.05, 3.63) is 96.2 Å². The third-order valence-corrected chi connectivity index (χ3v) is 4.41. The summed E-state index contributed by atoms with van der Waals surface area (Å²) in [6, 6.07) is 20.0. The number of benzene rings is 3. The number of carbonyl (C=O) groups is 1. The van der Waals surface area contributed by atoms with Crippen molar-refractivity contribution in [1.82, 2.24) is 4.98 Å². The summed E-state index contributed by atoms with van der Waals surface area (Å²) in [5, 5.41) is 3.03. The van der Waals surface area contributed by atoms with E-state index in [9.17, 15) is 4.79 Å². The second kappa shape index (κ2) is 5.82. The van der Waals surface area contributed by atoms with E-state index in [1.807, 2.05) is 48.5 Å². The van der Waals surface area contributed by atoms with Gasteiger partial charge in [-0.3, -0.25) is 4.79 Å². The first kappa shape index (κ1) is 14.5. The second-order valence-corrected chi connectivity index (χ2v) is 5.93. The molecule has 4 rings (SSSR count). The fourth-order valence-electron chi connectivity index (χ4n) is 3.22. The van der Waals surface area contributed by atoms with E-state index in [2.05, 4.69) is 29.8 Å². The van der Waals surface area contributed by atoms with Crippen LogP contribution in [0.3, 0.4) is 0 Å². The molecule has 0 fully saturated rings. The number of H-pyrrole nitrogens is 1. The Labute approximate surface area is 140 Å². The predicted octanol–water partition coefficient (Wildman–Crippen LogP) is 5.28. The van der Waals surface area contributed by atoms with Crippen LogP contribution in [0, 0.1) is 0 Å². The molecule has 0 amide bonds. The van der Waals surface area contributed by atoms with E-state index in [4.69, 9.17) is 0 Å². The van der Waals surface area contributed by atoms with Crippen LogP contribution in [0.25, 0.3) is 21.7 Å². The zero-order chi connectivity index (χ0) is 16.5. The largest absolute Gasteiger partial charge is 0.360 e. The SMILES string of the molecule is C=CCc1ccc2cccc(C(=O)c3c[nH]c4ccccc34)c2c1. The van der Waals surface area contributed by atoms with Crippen molar-refractivity contribution < 1.29 is 4.79 Å². The van der Waals surface area contributed by atoms with Gasteiger partial charge in [-0.15, -0.1) is 6.58 Å². The standard InChI is InChI=1S/C22H17NO/c1-2-6-15-11-12-16-7-5-9-18(19(16)13-15)22(24)20-14-23-21-10-4-3-8-17(20)21/h2-5,7-14,23H,1,6H2. The van der Waals surface area contributed by atoms with Gasteiger partial charge in [-0.25, -0.2) is 0 Å². The minimum Gasteiger partial charge on any atom is -0.360 e. The van der Waals surface area contributed by atoms with E-state index in [1.165, 1.54) is 0 Å². The molecule has 0 spiro atoms. The van der Waals surface area contributed by atoms with Crippen LogP contribution in [0.4, 0.5) is 0 Å². The molecule has 0 aliphatic carbocycles. The minimum absolute atomic E-state index is 0.0498. The van der Waals surface area contributed by atoms with Crippen molar-refractivity contribution in [1.29, 1.82) is 0 Å². The number of fused-ring (bicyclic) bond motifs is 2. The summed E-state index contributed by atoms with van der Waals surface area (Å²) in [7, 11) is 0. The summed E-state index contributed by atoms with van der Waals surface area (Å²) in [6.45, 7) is 3.80. The molecule has 1 heterocycles. The molecule has 3 aromatic carbocycles. The Morgan fingerprint density at radius 1 is 0.958 bits per heavy atom. The first-order valence-electron chi connectivity index (χ1n) is 8.01. The molecular weight excluding hydrogens is 294 g/mol. The fourth-order valence-corrected chi connectivity index (χ4v) is 3.22. The Morgan fingerprint density at radius 3 is 2.71 bits per heavy atom. The molecule has 24 heavy (non-hydrogen) atoms. The van der Waals surface area contributed by atoms with Gasteiger partial charge in [0.1, 0.15) is 0 Å². The molecule has 1 aromatic heterocycles. The van der Waals surface area contributed by atoms with Gasteiger partial charge in [0.15, 0.2) is 5.78 Å². The molecule has 1 N–H and O–H groups in total. The van der Waals surface area contributed by atoms with Crippen molar-refractivity contribution in [3.63, 3.8) is 0 Å². The summed E-state index contributed by atoms with van der Waals surface area (Å²) < 4.78 is 0. The number of aromatic amines is 1. The number of nitrogens with one attached hydrogen (secondary N) is 1. The van der Waals surface area contributed by atoms with Crippen LogP contribution in [-0.2, 0) is 6.42 Å². The quantitative estimate of drug-likeness (QED) is 0.403. The van der Waals surface area contributed by atoms with Crippen LogP contribution < -0.4 is 0 Å². The molecule has 0 atom stereocenters. The monoisotopic (exact) mass is 311 g/mol. The number of allylic oxidation sites excluding steroid dienone is 1. The number of carbonyl (C=O) groups excluding carboxylic acids is 1. The van der Waals surface area contributed by atoms with E-state index in [-0.39, 0.29) is 5.78 Å². The lowest BCUT2D eigenvalue weighted by Gasteiger charge is -2.07. The summed E-state index contributed by atoms with van der Waals surface area (Å²) in [4.78, 5) is 16.3. The minimum atomic E-state index is 0.0498. The van der Waals surface area contributed by atoms with Crippen LogP contribution in [-0.4, -0.2) is 10.8 Å². The van der Waals surface area contributed by atoms with Gasteiger partial charge in [0.2, 0.25) is 0 Å². The van der Waals surface area contributed by atoms with Gasteiger partial charge < -0.3 is 4.98 Å². The lowest BCUT2D eigenvalue weighted by atomic mass is 9.95. The van der Waals surface area contributed by atoms with Crippen molar-refractivity contribution in [2.75, 3.05) is 0 Å². The maximum Gasteiger partial charge on any atom is 0.195 e. The summed E-state index contributed by atoms with van der Waals surface area (Å²) in [6.07, 6.45) is 4.48. The molecule has 4 aromatic rings. The van der Waals surface area contributed by atoms with E-state index < -0.39 is 0 Å². The van der Waals surface area contributed by atoms with Crippen LogP contribution in [0.1, 0.15) is 21.5 Å². The Morgan fingerprint density at radius 2 is 1.83 bits per heavy atom. The number of ketones is 1. The van der Waals surface area contributed by atoms with Gasteiger partial charge in [0, 0.05) is 28.2 Å². The van der Waals surface area contributed by atoms with E-state index in [0.29, 0.717) is 5.56 Å². The Hall–Kier alpha value is -3.13. The predicted molar refractivity (Wildman–Crippen MR) is 99.6 cm³/mol. The molecule has 2 heteroatoms. The van der Waals surface area contributed by atoms with E-state index in [0.717, 1.165) is 39.2 Å². The highest BCUT2D eigenvalue weighted by Gasteiger charge is 2.16. The highest BCUT2D eigenvalue weighted by molar-refractivity contribution is 6.21. The van der Waals surface area contributed by atoms with Crippen LogP contribution in [0.15, 0.2) is 79.5 Å². The highest BCUT2D eigenvalue weighted by Crippen LogP contribution is 2.26. The zero-order valence-electron chi connectivity index (χ0n) is 13.3. The summed E-state index contributed by atoms with van der Waals surface area (Å²) in [5.74, 6) is 0.0498. The molecule has 0 unspecified atom stereocenters. The number of rotatable bonds is 4. The maximum absolute atomic E-state index is 13.2. The second-order valence-electron chi connectivity index (χ2n) is 5.93. The van der Waals surface area contributed by atoms with Gasteiger partial charge in [0.25, 0.3) is 0 Å². The zero-order valence-corrected chi connectivity index (χ0v) is 13.3. The summed E-state index contributed by atoms with van der Waals surface area (Å²) >= 11 is 0. The fraction of sp³-hybridized carbons (Fsp3) is 0.0455. The third-order valence-electron chi connectivity index (χ3n) is 4.41. The van der Waals surface area contributed by atoms with Crippen molar-refractivity contribution in [2.24, 2.45) is 0 Å². The van der Waals surface area contributed by atoms with Gasteiger partial charge in [0.05, 0.1) is 0 Å². The van der Waals surface area contributed by atoms with Crippen LogP contribution in [0.2, 0.25) is 0 Å². The van der Waals surface area contributed by atoms with Crippen molar-refractivity contribution in [2.45, 2.75) is 6.42 Å². The maximum atomic E-state index is 13.2. The van der Waals surface area contributed by atoms with Gasteiger partial charge in [-0.2, -0.15) is 0 Å². The smallest absolute Gasteiger partial charge is 0.195 e. The number of para-hydroxylation sites is 1. The van der Waals surface area contributed by atoms with Crippen LogP contribution >= 0.6 is 0 Å². The molecule has 0 aliphatic rings. The van der Waals surface area contributed by atoms with E-state index >= 15 is 0 Å².